The summed E-state index contributed by atoms with van der Waals surface area (Å²) in [5.74, 6) is -1.16. The van der Waals surface area contributed by atoms with Crippen LogP contribution in [0.5, 0.6) is 0 Å². The Kier molecular flexibility index (Phi) is 4.38. The summed E-state index contributed by atoms with van der Waals surface area (Å²) in [5, 5.41) is 11.8. The van der Waals surface area contributed by atoms with Crippen LogP contribution in [0.3, 0.4) is 0 Å². The van der Waals surface area contributed by atoms with Crippen molar-refractivity contribution >= 4 is 39.1 Å². The molecule has 0 saturated heterocycles. The van der Waals surface area contributed by atoms with Gasteiger partial charge in [-0.15, -0.1) is 0 Å². The van der Waals surface area contributed by atoms with Crippen LogP contribution >= 0.6 is 27.5 Å². The van der Waals surface area contributed by atoms with Crippen LogP contribution in [-0.2, 0) is 0 Å². The lowest BCUT2D eigenvalue weighted by atomic mass is 10.1. The molecular weight excluding hydrogens is 347 g/mol. The smallest absolute Gasteiger partial charge is 0.255 e. The molecule has 0 aliphatic rings. The van der Waals surface area contributed by atoms with Gasteiger partial charge >= 0.3 is 0 Å². The van der Waals surface area contributed by atoms with Crippen molar-refractivity contribution in [1.29, 1.82) is 5.26 Å². The van der Waals surface area contributed by atoms with E-state index in [0.717, 1.165) is 6.07 Å². The number of benzene rings is 2. The molecule has 1 amide bonds. The maximum atomic E-state index is 13.4. The minimum absolute atomic E-state index is 0.119. The zero-order chi connectivity index (χ0) is 14.7. The van der Waals surface area contributed by atoms with Crippen LogP contribution in [-0.4, -0.2) is 5.91 Å². The molecule has 0 unspecified atom stereocenters. The first-order valence-corrected chi connectivity index (χ1v) is 6.64. The van der Waals surface area contributed by atoms with Gasteiger partial charge in [-0.05, 0) is 30.3 Å². The molecule has 0 saturated carbocycles. The van der Waals surface area contributed by atoms with E-state index in [1.165, 1.54) is 18.2 Å². The monoisotopic (exact) mass is 352 g/mol. The molecule has 0 spiro atoms. The van der Waals surface area contributed by atoms with Gasteiger partial charge < -0.3 is 5.32 Å². The second-order valence-corrected chi connectivity index (χ2v) is 5.24. The van der Waals surface area contributed by atoms with Crippen LogP contribution < -0.4 is 5.32 Å². The van der Waals surface area contributed by atoms with E-state index in [1.54, 1.807) is 18.2 Å². The zero-order valence-electron chi connectivity index (χ0n) is 9.95. The summed E-state index contributed by atoms with van der Waals surface area (Å²) in [6.45, 7) is 0. The van der Waals surface area contributed by atoms with Gasteiger partial charge in [0.05, 0.1) is 5.69 Å². The van der Waals surface area contributed by atoms with Crippen molar-refractivity contribution in [2.24, 2.45) is 0 Å². The van der Waals surface area contributed by atoms with E-state index >= 15 is 0 Å². The second-order valence-electron chi connectivity index (χ2n) is 3.89. The van der Waals surface area contributed by atoms with Crippen molar-refractivity contribution in [2.45, 2.75) is 0 Å². The molecule has 2 aromatic rings. The number of nitrogens with one attached hydrogen (secondary N) is 1. The number of carbonyl (C=O) groups is 1. The van der Waals surface area contributed by atoms with Crippen molar-refractivity contribution in [2.75, 3.05) is 5.32 Å². The Labute approximate surface area is 128 Å². The minimum atomic E-state index is -0.683. The van der Waals surface area contributed by atoms with E-state index in [2.05, 4.69) is 21.2 Å². The molecule has 0 fully saturated rings. The first kappa shape index (κ1) is 14.5. The van der Waals surface area contributed by atoms with E-state index in [0.29, 0.717) is 15.1 Å². The highest BCUT2D eigenvalue weighted by Crippen LogP contribution is 2.22. The molecule has 0 aromatic heterocycles. The van der Waals surface area contributed by atoms with E-state index in [1.807, 2.05) is 0 Å². The number of anilines is 1. The number of halogens is 3. The molecule has 0 radical (unpaired) electrons. The SMILES string of the molecule is N#Cc1c(F)cccc1NC(=O)c1cc(Cl)cc(Br)c1. The topological polar surface area (TPSA) is 52.9 Å². The Balaban J connectivity index is 2.33. The van der Waals surface area contributed by atoms with Gasteiger partial charge in [0.2, 0.25) is 0 Å². The fraction of sp³-hybridized carbons (Fsp3) is 0. The van der Waals surface area contributed by atoms with E-state index in [4.69, 9.17) is 16.9 Å². The Bertz CT molecular complexity index is 707. The van der Waals surface area contributed by atoms with Gasteiger partial charge in [-0.25, -0.2) is 4.39 Å². The first-order valence-electron chi connectivity index (χ1n) is 5.47. The summed E-state index contributed by atoms with van der Waals surface area (Å²) in [5.41, 5.74) is 0.216. The summed E-state index contributed by atoms with van der Waals surface area (Å²) < 4.78 is 14.1. The van der Waals surface area contributed by atoms with Crippen molar-refractivity contribution in [1.82, 2.24) is 0 Å². The van der Waals surface area contributed by atoms with Crippen LogP contribution in [0, 0.1) is 17.1 Å². The summed E-state index contributed by atoms with van der Waals surface area (Å²) in [6.07, 6.45) is 0. The summed E-state index contributed by atoms with van der Waals surface area (Å²) >= 11 is 9.09. The number of hydrogen-bond donors (Lipinski definition) is 1. The third-order valence-corrected chi connectivity index (χ3v) is 3.17. The molecule has 2 aromatic carbocycles. The van der Waals surface area contributed by atoms with Gasteiger partial charge in [0.25, 0.3) is 5.91 Å². The van der Waals surface area contributed by atoms with Gasteiger partial charge in [0.1, 0.15) is 17.4 Å². The van der Waals surface area contributed by atoms with Crippen molar-refractivity contribution in [3.8, 4) is 6.07 Å². The summed E-state index contributed by atoms with van der Waals surface area (Å²) in [6, 6.07) is 10.4. The molecule has 0 aliphatic heterocycles. The molecule has 2 rings (SSSR count). The standard InChI is InChI=1S/C14H7BrClFN2O/c15-9-4-8(5-10(16)6-9)14(20)19-13-3-1-2-12(17)11(13)7-18/h1-6H,(H,19,20). The highest BCUT2D eigenvalue weighted by Gasteiger charge is 2.13. The predicted molar refractivity (Wildman–Crippen MR) is 78.2 cm³/mol. The molecule has 1 N–H and O–H groups in total. The quantitative estimate of drug-likeness (QED) is 0.872. The molecule has 3 nitrogen and oxygen atoms in total. The van der Waals surface area contributed by atoms with Gasteiger partial charge in [-0.1, -0.05) is 33.6 Å². The van der Waals surface area contributed by atoms with Crippen molar-refractivity contribution in [3.63, 3.8) is 0 Å². The zero-order valence-corrected chi connectivity index (χ0v) is 12.3. The lowest BCUT2D eigenvalue weighted by Crippen LogP contribution is -2.13. The maximum absolute atomic E-state index is 13.4. The van der Waals surface area contributed by atoms with Crippen molar-refractivity contribution < 1.29 is 9.18 Å². The molecule has 6 heteroatoms. The molecule has 20 heavy (non-hydrogen) atoms. The van der Waals surface area contributed by atoms with Gasteiger partial charge in [0, 0.05) is 15.1 Å². The predicted octanol–water partition coefficient (Wildman–Crippen LogP) is 4.37. The number of nitriles is 1. The minimum Gasteiger partial charge on any atom is -0.321 e. The third kappa shape index (κ3) is 3.16. The molecule has 0 bridgehead atoms. The van der Waals surface area contributed by atoms with Crippen LogP contribution in [0.15, 0.2) is 40.9 Å². The molecular formula is C14H7BrClFN2O. The summed E-state index contributed by atoms with van der Waals surface area (Å²) in [7, 11) is 0. The molecule has 100 valence electrons. The molecule has 0 heterocycles. The molecule has 0 aliphatic carbocycles. The Morgan fingerprint density at radius 3 is 2.75 bits per heavy atom. The second kappa shape index (κ2) is 6.04. The largest absolute Gasteiger partial charge is 0.321 e. The highest BCUT2D eigenvalue weighted by molar-refractivity contribution is 9.10. The maximum Gasteiger partial charge on any atom is 0.255 e. The Hall–Kier alpha value is -1.90. The van der Waals surface area contributed by atoms with Gasteiger partial charge in [0.15, 0.2) is 0 Å². The highest BCUT2D eigenvalue weighted by atomic mass is 79.9. The fourth-order valence-electron chi connectivity index (χ4n) is 1.62. The molecule has 0 atom stereocenters. The van der Waals surface area contributed by atoms with E-state index < -0.39 is 11.7 Å². The van der Waals surface area contributed by atoms with Crippen LogP contribution in [0.2, 0.25) is 5.02 Å². The lowest BCUT2D eigenvalue weighted by Gasteiger charge is -2.08. The van der Waals surface area contributed by atoms with Crippen molar-refractivity contribution in [3.05, 3.63) is 62.8 Å². The fourth-order valence-corrected chi connectivity index (χ4v) is 2.48. The normalized spacial score (nSPS) is 9.90. The van der Waals surface area contributed by atoms with E-state index in [9.17, 15) is 9.18 Å². The third-order valence-electron chi connectivity index (χ3n) is 2.50. The van der Waals surface area contributed by atoms with E-state index in [-0.39, 0.29) is 11.3 Å². The number of nitrogens with zero attached hydrogens (tertiary/aromatic N) is 1. The summed E-state index contributed by atoms with van der Waals surface area (Å²) in [4.78, 5) is 12.1. The average Bonchev–Trinajstić information content (AvgIpc) is 2.37. The lowest BCUT2D eigenvalue weighted by molar-refractivity contribution is 0.102. The first-order chi connectivity index (χ1) is 9.51. The van der Waals surface area contributed by atoms with Crippen LogP contribution in [0.25, 0.3) is 0 Å². The van der Waals surface area contributed by atoms with Crippen LogP contribution in [0.4, 0.5) is 10.1 Å². The number of amides is 1. The Morgan fingerprint density at radius 2 is 2.10 bits per heavy atom. The number of carbonyl (C=O) groups excluding carboxylic acids is 1. The van der Waals surface area contributed by atoms with Gasteiger partial charge in [-0.3, -0.25) is 4.79 Å². The Morgan fingerprint density at radius 1 is 1.35 bits per heavy atom. The van der Waals surface area contributed by atoms with Crippen LogP contribution in [0.1, 0.15) is 15.9 Å². The van der Waals surface area contributed by atoms with Gasteiger partial charge in [-0.2, -0.15) is 5.26 Å². The number of hydrogen-bond acceptors (Lipinski definition) is 2. The average molecular weight is 354 g/mol. The number of rotatable bonds is 2.